The zero-order valence-corrected chi connectivity index (χ0v) is 12.3. The van der Waals surface area contributed by atoms with Gasteiger partial charge in [-0.05, 0) is 51.7 Å². The van der Waals surface area contributed by atoms with Gasteiger partial charge in [0, 0.05) is 18.3 Å². The molecule has 2 heterocycles. The standard InChI is InChI=1S/C12H24N2OS.ClH/c1-10(15)16-12-4-7-14(9-12)8-11-2-5-13-6-3-11;/h11-13,15-16H,2-9H2,1H3;1H/t12-;/m1./s1. The van der Waals surface area contributed by atoms with Gasteiger partial charge >= 0.3 is 0 Å². The maximum absolute atomic E-state index is 9.30. The van der Waals surface area contributed by atoms with Crippen molar-refractivity contribution in [2.45, 2.75) is 31.4 Å². The van der Waals surface area contributed by atoms with Crippen molar-refractivity contribution in [3.8, 4) is 0 Å². The molecule has 2 aliphatic heterocycles. The number of thiol groups is 1. The van der Waals surface area contributed by atoms with E-state index in [0.29, 0.717) is 10.3 Å². The molecule has 0 amide bonds. The summed E-state index contributed by atoms with van der Waals surface area (Å²) >= 11 is 1.15. The Hall–Kier alpha value is 0.390. The van der Waals surface area contributed by atoms with Crippen LogP contribution in [0.5, 0.6) is 0 Å². The van der Waals surface area contributed by atoms with Gasteiger partial charge in [-0.15, -0.1) is 12.4 Å². The molecule has 3 nitrogen and oxygen atoms in total. The number of nitrogens with one attached hydrogen (secondary N) is 1. The van der Waals surface area contributed by atoms with Crippen LogP contribution in [0.25, 0.3) is 0 Å². The van der Waals surface area contributed by atoms with E-state index in [2.05, 4.69) is 10.2 Å². The zero-order valence-electron chi connectivity index (χ0n) is 10.6. The Bertz CT molecular complexity index is 253. The number of aliphatic hydroxyl groups excluding tert-OH is 1. The molecule has 17 heavy (non-hydrogen) atoms. The van der Waals surface area contributed by atoms with Crippen LogP contribution in [0.1, 0.15) is 26.2 Å². The average Bonchev–Trinajstić information content (AvgIpc) is 2.66. The molecule has 1 atom stereocenters. The van der Waals surface area contributed by atoms with Crippen molar-refractivity contribution >= 4 is 28.8 Å². The number of hydrogen-bond donors (Lipinski definition) is 3. The summed E-state index contributed by atoms with van der Waals surface area (Å²) in [5, 5.41) is 14.0. The van der Waals surface area contributed by atoms with E-state index in [-0.39, 0.29) is 12.4 Å². The molecule has 2 saturated heterocycles. The molecular formula is C12H25ClN2OS. The van der Waals surface area contributed by atoms with Gasteiger partial charge in [0.15, 0.2) is 0 Å². The summed E-state index contributed by atoms with van der Waals surface area (Å²) in [6.07, 6.45) is 3.93. The third-order valence-corrected chi connectivity index (χ3v) is 4.75. The molecule has 0 spiro atoms. The molecular weight excluding hydrogens is 256 g/mol. The van der Waals surface area contributed by atoms with Crippen LogP contribution >= 0.6 is 23.8 Å². The summed E-state index contributed by atoms with van der Waals surface area (Å²) in [6, 6.07) is 0. The number of aliphatic hydroxyl groups is 1. The fourth-order valence-electron chi connectivity index (χ4n) is 2.78. The van der Waals surface area contributed by atoms with Crippen molar-refractivity contribution in [2.75, 3.05) is 32.7 Å². The van der Waals surface area contributed by atoms with Crippen molar-refractivity contribution < 1.29 is 5.11 Å². The molecule has 2 N–H and O–H groups in total. The minimum atomic E-state index is 0. The van der Waals surface area contributed by atoms with E-state index in [4.69, 9.17) is 0 Å². The fraction of sp³-hybridized carbons (Fsp3) is 0.917. The molecule has 0 aromatic rings. The second-order valence-electron chi connectivity index (χ2n) is 5.07. The smallest absolute Gasteiger partial charge is 0.0666 e. The molecule has 0 saturated carbocycles. The topological polar surface area (TPSA) is 35.5 Å². The van der Waals surface area contributed by atoms with Gasteiger partial charge in [0.1, 0.15) is 0 Å². The fourth-order valence-corrected chi connectivity index (χ4v) is 3.86. The van der Waals surface area contributed by atoms with Gasteiger partial charge in [-0.1, -0.05) is 0 Å². The number of likely N-dealkylation sites (tertiary alicyclic amines) is 1. The molecule has 5 heteroatoms. The predicted molar refractivity (Wildman–Crippen MR) is 80.0 cm³/mol. The first-order chi connectivity index (χ1) is 7.74. The van der Waals surface area contributed by atoms with Crippen LogP contribution < -0.4 is 5.32 Å². The maximum Gasteiger partial charge on any atom is 0.0666 e. The third kappa shape index (κ3) is 5.26. The first kappa shape index (κ1) is 15.4. The Labute approximate surface area is 114 Å². The number of piperidine rings is 1. The highest BCUT2D eigenvalue weighted by Gasteiger charge is 2.24. The Balaban J connectivity index is 0.00000144. The summed E-state index contributed by atoms with van der Waals surface area (Å²) in [7, 11) is 0. The van der Waals surface area contributed by atoms with Crippen LogP contribution in [0.15, 0.2) is 0 Å². The van der Waals surface area contributed by atoms with E-state index in [0.717, 1.165) is 17.3 Å². The lowest BCUT2D eigenvalue weighted by atomic mass is 9.98. The number of hydrogen-bond acceptors (Lipinski definition) is 2. The van der Waals surface area contributed by atoms with E-state index in [9.17, 15) is 5.11 Å². The second kappa shape index (κ2) is 7.74. The van der Waals surface area contributed by atoms with Crippen molar-refractivity contribution in [1.82, 2.24) is 10.2 Å². The molecule has 102 valence electrons. The quantitative estimate of drug-likeness (QED) is 0.543. The van der Waals surface area contributed by atoms with E-state index in [1.165, 1.54) is 52.0 Å². The normalized spacial score (nSPS) is 28.6. The van der Waals surface area contributed by atoms with Crippen LogP contribution in [0.4, 0.5) is 0 Å². The Morgan fingerprint density at radius 3 is 2.71 bits per heavy atom. The lowest BCUT2D eigenvalue weighted by Crippen LogP contribution is -2.35. The van der Waals surface area contributed by atoms with Gasteiger partial charge in [0.2, 0.25) is 0 Å². The average molecular weight is 281 g/mol. The lowest BCUT2D eigenvalue weighted by molar-refractivity contribution is 0.241. The zero-order chi connectivity index (χ0) is 11.4. The predicted octanol–water partition coefficient (Wildman–Crippen LogP) is 1.66. The molecule has 0 radical (unpaired) electrons. The summed E-state index contributed by atoms with van der Waals surface area (Å²) in [5.41, 5.74) is 0. The van der Waals surface area contributed by atoms with Gasteiger partial charge in [-0.2, -0.15) is 11.4 Å². The van der Waals surface area contributed by atoms with Gasteiger partial charge in [0.05, 0.1) is 5.05 Å². The highest BCUT2D eigenvalue weighted by Crippen LogP contribution is 2.21. The maximum atomic E-state index is 9.30. The van der Waals surface area contributed by atoms with Gasteiger partial charge in [-0.3, -0.25) is 0 Å². The monoisotopic (exact) mass is 280 g/mol. The molecule has 0 unspecified atom stereocenters. The van der Waals surface area contributed by atoms with E-state index < -0.39 is 0 Å². The largest absolute Gasteiger partial charge is 0.360 e. The number of halogens is 1. The summed E-state index contributed by atoms with van der Waals surface area (Å²) in [5.74, 6) is 0.899. The number of rotatable bonds is 3. The second-order valence-corrected chi connectivity index (χ2v) is 6.71. The van der Waals surface area contributed by atoms with E-state index >= 15 is 0 Å². The Morgan fingerprint density at radius 1 is 1.35 bits per heavy atom. The molecule has 0 bridgehead atoms. The molecule has 0 aromatic heterocycles. The van der Waals surface area contributed by atoms with Crippen LogP contribution in [0, 0.1) is 5.92 Å². The molecule has 0 aromatic carbocycles. The van der Waals surface area contributed by atoms with Crippen molar-refractivity contribution in [3.05, 3.63) is 0 Å². The lowest BCUT2D eigenvalue weighted by Gasteiger charge is -2.27. The SMILES string of the molecule is CC(O)=[SH][C@@H]1CCN(CC2CCNCC2)C1.Cl. The third-order valence-electron chi connectivity index (χ3n) is 3.59. The van der Waals surface area contributed by atoms with Crippen LogP contribution in [-0.2, 0) is 0 Å². The van der Waals surface area contributed by atoms with Crippen LogP contribution in [-0.4, -0.2) is 53.0 Å². The molecule has 2 rings (SSSR count). The summed E-state index contributed by atoms with van der Waals surface area (Å²) < 4.78 is 0. The summed E-state index contributed by atoms with van der Waals surface area (Å²) in [6.45, 7) is 7.90. The first-order valence-corrected chi connectivity index (χ1v) is 7.37. The van der Waals surface area contributed by atoms with E-state index in [1.807, 2.05) is 6.92 Å². The van der Waals surface area contributed by atoms with Crippen molar-refractivity contribution in [1.29, 1.82) is 0 Å². The first-order valence-electron chi connectivity index (χ1n) is 6.40. The Kier molecular flexibility index (Phi) is 7.04. The van der Waals surface area contributed by atoms with Crippen molar-refractivity contribution in [2.24, 2.45) is 5.92 Å². The van der Waals surface area contributed by atoms with E-state index in [1.54, 1.807) is 0 Å². The summed E-state index contributed by atoms with van der Waals surface area (Å²) in [4.78, 5) is 2.59. The number of nitrogens with zero attached hydrogens (tertiary/aromatic N) is 1. The minimum Gasteiger partial charge on any atom is -0.360 e. The molecule has 2 fully saturated rings. The highest BCUT2D eigenvalue weighted by atomic mass is 35.5. The van der Waals surface area contributed by atoms with Gasteiger partial charge in [0.25, 0.3) is 0 Å². The van der Waals surface area contributed by atoms with Crippen molar-refractivity contribution in [3.63, 3.8) is 0 Å². The highest BCUT2D eigenvalue weighted by molar-refractivity contribution is 7.99. The van der Waals surface area contributed by atoms with Crippen LogP contribution in [0.3, 0.4) is 0 Å². The van der Waals surface area contributed by atoms with Crippen LogP contribution in [0.2, 0.25) is 0 Å². The minimum absolute atomic E-state index is 0. The van der Waals surface area contributed by atoms with Gasteiger partial charge < -0.3 is 15.3 Å². The molecule has 0 aliphatic carbocycles. The molecule has 2 aliphatic rings. The van der Waals surface area contributed by atoms with Gasteiger partial charge in [-0.25, -0.2) is 0 Å². The Morgan fingerprint density at radius 2 is 2.06 bits per heavy atom.